The lowest BCUT2D eigenvalue weighted by atomic mass is 10.1. The van der Waals surface area contributed by atoms with Crippen LogP contribution in [0.15, 0.2) is 21.6 Å². The second-order valence-electron chi connectivity index (χ2n) is 7.81. The largest absolute Gasteiger partial charge is 0.360 e. The minimum Gasteiger partial charge on any atom is -0.360 e. The highest BCUT2D eigenvalue weighted by Crippen LogP contribution is 2.24. The van der Waals surface area contributed by atoms with Crippen LogP contribution in [0.1, 0.15) is 51.7 Å². The quantitative estimate of drug-likeness (QED) is 0.505. The third kappa shape index (κ3) is 5.51. The molecule has 0 atom stereocenters. The summed E-state index contributed by atoms with van der Waals surface area (Å²) in [4.78, 5) is 40.1. The molecule has 3 heterocycles. The van der Waals surface area contributed by atoms with Crippen LogP contribution in [0.5, 0.6) is 0 Å². The molecule has 0 aliphatic carbocycles. The first-order valence-corrected chi connectivity index (χ1v) is 12.7. The molecule has 0 spiro atoms. The number of thiophene rings is 1. The summed E-state index contributed by atoms with van der Waals surface area (Å²) in [6.45, 7) is 5.90. The number of aryl methyl sites for hydroxylation is 3. The van der Waals surface area contributed by atoms with E-state index in [2.05, 4.69) is 5.16 Å². The molecular weight excluding hydrogens is 454 g/mol. The number of aromatic nitrogens is 1. The zero-order valence-corrected chi connectivity index (χ0v) is 20.1. The fourth-order valence-electron chi connectivity index (χ4n) is 3.64. The fraction of sp³-hybridized carbons (Fsp3) is 0.524. The molecular formula is C21H27N3O6S2. The van der Waals surface area contributed by atoms with Gasteiger partial charge in [0.2, 0.25) is 15.9 Å². The van der Waals surface area contributed by atoms with Gasteiger partial charge in [-0.2, -0.15) is 4.31 Å². The van der Waals surface area contributed by atoms with E-state index in [-0.39, 0.29) is 80.0 Å². The number of Topliss-reactive ketones (excluding diaryl/α,β-unsaturated/α-hetero) is 2. The SMILES string of the molecule is Cc1ccc(C(=O)CCC(=O)CCC(=O)N2CCN(S(=O)(=O)c3c(C)noc3C)CC2)s1. The third-order valence-corrected chi connectivity index (χ3v) is 8.61. The summed E-state index contributed by atoms with van der Waals surface area (Å²) >= 11 is 1.41. The molecule has 1 saturated heterocycles. The summed E-state index contributed by atoms with van der Waals surface area (Å²) in [6.07, 6.45) is 0.395. The molecule has 2 aromatic heterocycles. The van der Waals surface area contributed by atoms with E-state index >= 15 is 0 Å². The molecule has 0 saturated carbocycles. The van der Waals surface area contributed by atoms with Crippen LogP contribution < -0.4 is 0 Å². The maximum absolute atomic E-state index is 12.9. The number of rotatable bonds is 9. The molecule has 174 valence electrons. The van der Waals surface area contributed by atoms with Crippen molar-refractivity contribution >= 4 is 38.8 Å². The van der Waals surface area contributed by atoms with Crippen molar-refractivity contribution in [3.63, 3.8) is 0 Å². The van der Waals surface area contributed by atoms with E-state index in [1.54, 1.807) is 24.8 Å². The van der Waals surface area contributed by atoms with Crippen molar-refractivity contribution in [1.82, 2.24) is 14.4 Å². The molecule has 11 heteroatoms. The lowest BCUT2D eigenvalue weighted by Crippen LogP contribution is -2.50. The van der Waals surface area contributed by atoms with Gasteiger partial charge in [0.05, 0.1) is 4.88 Å². The van der Waals surface area contributed by atoms with Crippen molar-refractivity contribution in [3.8, 4) is 0 Å². The second kappa shape index (κ2) is 10.1. The van der Waals surface area contributed by atoms with Gasteiger partial charge in [-0.25, -0.2) is 8.42 Å². The van der Waals surface area contributed by atoms with Gasteiger partial charge in [0, 0.05) is 56.7 Å². The van der Waals surface area contributed by atoms with Gasteiger partial charge in [-0.05, 0) is 32.9 Å². The Balaban J connectivity index is 1.43. The zero-order chi connectivity index (χ0) is 23.5. The van der Waals surface area contributed by atoms with E-state index < -0.39 is 10.0 Å². The van der Waals surface area contributed by atoms with E-state index in [0.29, 0.717) is 10.6 Å². The molecule has 3 rings (SSSR count). The fourth-order valence-corrected chi connectivity index (χ4v) is 6.19. The highest BCUT2D eigenvalue weighted by Gasteiger charge is 2.34. The Kier molecular flexibility index (Phi) is 7.63. The van der Waals surface area contributed by atoms with Crippen LogP contribution in [0, 0.1) is 20.8 Å². The zero-order valence-electron chi connectivity index (χ0n) is 18.4. The van der Waals surface area contributed by atoms with Crippen LogP contribution in [0.2, 0.25) is 0 Å². The molecule has 1 fully saturated rings. The average Bonchev–Trinajstić information content (AvgIpc) is 3.35. The van der Waals surface area contributed by atoms with Gasteiger partial charge >= 0.3 is 0 Å². The molecule has 0 unspecified atom stereocenters. The first-order chi connectivity index (χ1) is 15.1. The topological polar surface area (TPSA) is 118 Å². The van der Waals surface area contributed by atoms with E-state index in [9.17, 15) is 22.8 Å². The molecule has 0 N–H and O–H groups in total. The van der Waals surface area contributed by atoms with Crippen LogP contribution in [0.4, 0.5) is 0 Å². The summed E-state index contributed by atoms with van der Waals surface area (Å²) in [7, 11) is -3.74. The van der Waals surface area contributed by atoms with Crippen molar-refractivity contribution in [1.29, 1.82) is 0 Å². The van der Waals surface area contributed by atoms with Crippen LogP contribution in [-0.2, 0) is 19.6 Å². The van der Waals surface area contributed by atoms with Crippen LogP contribution in [0.3, 0.4) is 0 Å². The number of amides is 1. The number of hydrogen-bond acceptors (Lipinski definition) is 8. The molecule has 0 aromatic carbocycles. The number of carbonyl (C=O) groups excluding carboxylic acids is 3. The molecule has 0 bridgehead atoms. The van der Waals surface area contributed by atoms with E-state index in [0.717, 1.165) is 4.88 Å². The van der Waals surface area contributed by atoms with Crippen LogP contribution >= 0.6 is 11.3 Å². The van der Waals surface area contributed by atoms with Crippen molar-refractivity contribution in [2.75, 3.05) is 26.2 Å². The predicted molar refractivity (Wildman–Crippen MR) is 118 cm³/mol. The predicted octanol–water partition coefficient (Wildman–Crippen LogP) is 2.51. The van der Waals surface area contributed by atoms with Gasteiger partial charge in [-0.15, -0.1) is 11.3 Å². The van der Waals surface area contributed by atoms with Gasteiger partial charge in [0.1, 0.15) is 16.4 Å². The smallest absolute Gasteiger partial charge is 0.248 e. The second-order valence-corrected chi connectivity index (χ2v) is 11.0. The first-order valence-electron chi connectivity index (χ1n) is 10.4. The molecule has 1 aliphatic rings. The number of carbonyl (C=O) groups is 3. The van der Waals surface area contributed by atoms with E-state index in [4.69, 9.17) is 4.52 Å². The van der Waals surface area contributed by atoms with Gasteiger partial charge in [-0.3, -0.25) is 14.4 Å². The molecule has 9 nitrogen and oxygen atoms in total. The standard InChI is InChI=1S/C21H27N3O6S2/c1-14-4-8-19(31-14)18(26)7-5-17(25)6-9-20(27)23-10-12-24(13-11-23)32(28,29)21-15(2)22-30-16(21)3/h4,8H,5-7,9-13H2,1-3H3. The number of piperazine rings is 1. The molecule has 1 amide bonds. The van der Waals surface area contributed by atoms with Crippen molar-refractivity contribution in [2.45, 2.75) is 51.3 Å². The van der Waals surface area contributed by atoms with Gasteiger partial charge in [0.25, 0.3) is 0 Å². The normalized spacial score (nSPS) is 15.2. The summed E-state index contributed by atoms with van der Waals surface area (Å²) < 4.78 is 32.0. The molecule has 0 radical (unpaired) electrons. The Hall–Kier alpha value is -2.37. The first kappa shape index (κ1) is 24.3. The average molecular weight is 482 g/mol. The monoisotopic (exact) mass is 481 g/mol. The molecule has 32 heavy (non-hydrogen) atoms. The van der Waals surface area contributed by atoms with Crippen LogP contribution in [-0.4, -0.2) is 66.4 Å². The lowest BCUT2D eigenvalue weighted by Gasteiger charge is -2.34. The van der Waals surface area contributed by atoms with Crippen molar-refractivity contribution < 1.29 is 27.3 Å². The molecule has 1 aliphatic heterocycles. The third-order valence-electron chi connectivity index (χ3n) is 5.42. The van der Waals surface area contributed by atoms with E-state index in [1.807, 2.05) is 13.0 Å². The van der Waals surface area contributed by atoms with Crippen molar-refractivity contribution in [2.24, 2.45) is 0 Å². The van der Waals surface area contributed by atoms with Gasteiger partial charge in [-0.1, -0.05) is 5.16 Å². The minimum absolute atomic E-state index is 0.0570. The number of sulfonamides is 1. The maximum atomic E-state index is 12.9. The summed E-state index contributed by atoms with van der Waals surface area (Å²) in [6, 6.07) is 3.64. The number of ketones is 2. The van der Waals surface area contributed by atoms with Gasteiger partial charge in [0.15, 0.2) is 11.5 Å². The van der Waals surface area contributed by atoms with Gasteiger partial charge < -0.3 is 9.42 Å². The highest BCUT2D eigenvalue weighted by molar-refractivity contribution is 7.89. The summed E-state index contributed by atoms with van der Waals surface area (Å²) in [5.74, 6) is -0.127. The molecule has 2 aromatic rings. The summed E-state index contributed by atoms with van der Waals surface area (Å²) in [5, 5.41) is 3.71. The van der Waals surface area contributed by atoms with Crippen molar-refractivity contribution in [3.05, 3.63) is 33.3 Å². The number of nitrogens with zero attached hydrogens (tertiary/aromatic N) is 3. The minimum atomic E-state index is -3.74. The Morgan fingerprint density at radius 1 is 1.00 bits per heavy atom. The Morgan fingerprint density at radius 2 is 1.66 bits per heavy atom. The summed E-state index contributed by atoms with van der Waals surface area (Å²) in [5.41, 5.74) is 0.312. The highest BCUT2D eigenvalue weighted by atomic mass is 32.2. The Labute approximate surface area is 191 Å². The van der Waals surface area contributed by atoms with Crippen LogP contribution in [0.25, 0.3) is 0 Å². The van der Waals surface area contributed by atoms with E-state index in [1.165, 1.54) is 15.6 Å². The lowest BCUT2D eigenvalue weighted by molar-refractivity contribution is -0.134. The maximum Gasteiger partial charge on any atom is 0.248 e. The number of hydrogen-bond donors (Lipinski definition) is 0. The Morgan fingerprint density at radius 3 is 2.22 bits per heavy atom. The Bertz CT molecular complexity index is 1090.